The summed E-state index contributed by atoms with van der Waals surface area (Å²) in [6.07, 6.45) is 5.39. The molecule has 5 heteroatoms. The third-order valence-electron chi connectivity index (χ3n) is 3.40. The van der Waals surface area contributed by atoms with Crippen molar-refractivity contribution in [2.24, 2.45) is 5.41 Å². The van der Waals surface area contributed by atoms with Gasteiger partial charge in [-0.05, 0) is 30.0 Å². The normalized spacial score (nSPS) is 12.0. The van der Waals surface area contributed by atoms with Gasteiger partial charge in [0.25, 0.3) is 0 Å². The number of benzene rings is 1. The number of para-hydroxylation sites is 2. The molecule has 1 heterocycles. The average Bonchev–Trinajstić information content (AvgIpc) is 2.51. The Morgan fingerprint density at radius 1 is 1.32 bits per heavy atom. The van der Waals surface area contributed by atoms with E-state index in [2.05, 4.69) is 15.3 Å². The van der Waals surface area contributed by atoms with Crippen molar-refractivity contribution in [3.8, 4) is 0 Å². The molecule has 0 atom stereocenters. The summed E-state index contributed by atoms with van der Waals surface area (Å²) in [4.78, 5) is 20.5. The molecule has 0 bridgehead atoms. The molecule has 2 aromatic rings. The number of aliphatic hydroxyl groups excluding tert-OH is 1. The average molecular weight is 299 g/mol. The van der Waals surface area contributed by atoms with Gasteiger partial charge in [-0.3, -0.25) is 9.78 Å². The van der Waals surface area contributed by atoms with Crippen LogP contribution in [0.4, 0.5) is 0 Å². The molecule has 0 aliphatic rings. The highest BCUT2D eigenvalue weighted by Gasteiger charge is 2.17. The summed E-state index contributed by atoms with van der Waals surface area (Å²) >= 11 is 0. The molecule has 5 nitrogen and oxygen atoms in total. The van der Waals surface area contributed by atoms with Crippen LogP contribution in [0, 0.1) is 5.41 Å². The number of nitrogens with zero attached hydrogens (tertiary/aromatic N) is 2. The lowest BCUT2D eigenvalue weighted by atomic mass is 9.90. The Bertz CT molecular complexity index is 680. The molecule has 116 valence electrons. The largest absolute Gasteiger partial charge is 0.396 e. The zero-order chi connectivity index (χ0) is 16.0. The predicted octanol–water partition coefficient (Wildman–Crippen LogP) is 2.17. The Hall–Kier alpha value is -2.27. The second-order valence-corrected chi connectivity index (χ2v) is 5.97. The molecule has 0 saturated carbocycles. The van der Waals surface area contributed by atoms with Gasteiger partial charge in [0, 0.05) is 19.2 Å². The summed E-state index contributed by atoms with van der Waals surface area (Å²) < 4.78 is 0. The van der Waals surface area contributed by atoms with Crippen LogP contribution in [-0.2, 0) is 4.79 Å². The van der Waals surface area contributed by atoms with Crippen LogP contribution in [0.3, 0.4) is 0 Å². The standard InChI is InChI=1S/C17H21N3O2/c1-17(2,9-10-21)12-19-16(22)8-7-13-11-18-14-5-3-4-6-15(14)20-13/h3-8,11,21H,9-10,12H2,1-2H3,(H,19,22)/b8-7+. The van der Waals surface area contributed by atoms with E-state index in [1.807, 2.05) is 38.1 Å². The van der Waals surface area contributed by atoms with Crippen molar-refractivity contribution in [2.75, 3.05) is 13.2 Å². The van der Waals surface area contributed by atoms with Crippen LogP contribution < -0.4 is 5.32 Å². The van der Waals surface area contributed by atoms with Crippen LogP contribution in [0.1, 0.15) is 26.0 Å². The first kappa shape index (κ1) is 16.1. The van der Waals surface area contributed by atoms with Crippen molar-refractivity contribution in [1.82, 2.24) is 15.3 Å². The second kappa shape index (κ2) is 7.13. The zero-order valence-corrected chi connectivity index (χ0v) is 12.9. The van der Waals surface area contributed by atoms with Crippen LogP contribution in [0.5, 0.6) is 0 Å². The molecular weight excluding hydrogens is 278 g/mol. The van der Waals surface area contributed by atoms with Crippen molar-refractivity contribution < 1.29 is 9.90 Å². The molecule has 2 rings (SSSR count). The van der Waals surface area contributed by atoms with Crippen LogP contribution >= 0.6 is 0 Å². The molecule has 0 radical (unpaired) electrons. The van der Waals surface area contributed by atoms with Gasteiger partial charge in [-0.15, -0.1) is 0 Å². The molecule has 2 N–H and O–H groups in total. The van der Waals surface area contributed by atoms with E-state index in [1.165, 1.54) is 6.08 Å². The summed E-state index contributed by atoms with van der Waals surface area (Å²) in [5, 5.41) is 11.8. The summed E-state index contributed by atoms with van der Waals surface area (Å²) in [7, 11) is 0. The molecule has 1 aromatic carbocycles. The van der Waals surface area contributed by atoms with E-state index in [1.54, 1.807) is 12.3 Å². The van der Waals surface area contributed by atoms with Crippen molar-refractivity contribution >= 4 is 23.0 Å². The Morgan fingerprint density at radius 3 is 2.77 bits per heavy atom. The molecule has 0 aliphatic carbocycles. The minimum atomic E-state index is -0.180. The van der Waals surface area contributed by atoms with Crippen molar-refractivity contribution in [1.29, 1.82) is 0 Å². The second-order valence-electron chi connectivity index (χ2n) is 5.97. The Kier molecular flexibility index (Phi) is 5.22. The SMILES string of the molecule is CC(C)(CCO)CNC(=O)/C=C/c1cnc2ccccc2n1. The summed E-state index contributed by atoms with van der Waals surface area (Å²) in [6, 6.07) is 7.59. The minimum Gasteiger partial charge on any atom is -0.396 e. The van der Waals surface area contributed by atoms with Gasteiger partial charge < -0.3 is 10.4 Å². The third kappa shape index (κ3) is 4.63. The van der Waals surface area contributed by atoms with Gasteiger partial charge in [0.05, 0.1) is 22.9 Å². The van der Waals surface area contributed by atoms with Crippen molar-refractivity contribution in [2.45, 2.75) is 20.3 Å². The zero-order valence-electron chi connectivity index (χ0n) is 12.9. The van der Waals surface area contributed by atoms with E-state index in [4.69, 9.17) is 5.11 Å². The molecule has 0 unspecified atom stereocenters. The molecule has 22 heavy (non-hydrogen) atoms. The first-order chi connectivity index (χ1) is 10.5. The molecule has 1 aromatic heterocycles. The highest BCUT2D eigenvalue weighted by molar-refractivity contribution is 5.91. The lowest BCUT2D eigenvalue weighted by molar-refractivity contribution is -0.116. The molecule has 0 fully saturated rings. The van der Waals surface area contributed by atoms with E-state index >= 15 is 0 Å². The number of carbonyl (C=O) groups is 1. The maximum atomic E-state index is 11.8. The van der Waals surface area contributed by atoms with Crippen LogP contribution in [-0.4, -0.2) is 34.1 Å². The lowest BCUT2D eigenvalue weighted by Gasteiger charge is -2.23. The molecular formula is C17H21N3O2. The van der Waals surface area contributed by atoms with Gasteiger partial charge in [0.2, 0.25) is 5.91 Å². The Morgan fingerprint density at radius 2 is 2.05 bits per heavy atom. The molecule has 0 spiro atoms. The Balaban J connectivity index is 1.96. The number of aromatic nitrogens is 2. The van der Waals surface area contributed by atoms with Gasteiger partial charge >= 0.3 is 0 Å². The monoisotopic (exact) mass is 299 g/mol. The maximum absolute atomic E-state index is 11.8. The smallest absolute Gasteiger partial charge is 0.244 e. The van der Waals surface area contributed by atoms with Crippen LogP contribution in [0.25, 0.3) is 17.1 Å². The number of aliphatic hydroxyl groups is 1. The minimum absolute atomic E-state index is 0.116. The van der Waals surface area contributed by atoms with E-state index < -0.39 is 0 Å². The van der Waals surface area contributed by atoms with E-state index in [0.29, 0.717) is 18.7 Å². The number of carbonyl (C=O) groups excluding carboxylic acids is 1. The maximum Gasteiger partial charge on any atom is 0.244 e. The highest BCUT2D eigenvalue weighted by Crippen LogP contribution is 2.17. The quantitative estimate of drug-likeness (QED) is 0.802. The van der Waals surface area contributed by atoms with Crippen molar-refractivity contribution in [3.05, 3.63) is 42.2 Å². The van der Waals surface area contributed by atoms with Gasteiger partial charge in [0.1, 0.15) is 0 Å². The summed E-state index contributed by atoms with van der Waals surface area (Å²) in [5.74, 6) is -0.180. The predicted molar refractivity (Wildman–Crippen MR) is 87.1 cm³/mol. The van der Waals surface area contributed by atoms with Gasteiger partial charge in [-0.2, -0.15) is 0 Å². The fourth-order valence-corrected chi connectivity index (χ4v) is 1.99. The summed E-state index contributed by atoms with van der Waals surface area (Å²) in [6.45, 7) is 4.63. The first-order valence-corrected chi connectivity index (χ1v) is 7.29. The number of hydrogen-bond donors (Lipinski definition) is 2. The van der Waals surface area contributed by atoms with Gasteiger partial charge in [-0.1, -0.05) is 26.0 Å². The number of fused-ring (bicyclic) bond motifs is 1. The van der Waals surface area contributed by atoms with Gasteiger partial charge in [-0.25, -0.2) is 4.98 Å². The number of amides is 1. The molecule has 0 saturated heterocycles. The van der Waals surface area contributed by atoms with Crippen molar-refractivity contribution in [3.63, 3.8) is 0 Å². The Labute approximate surface area is 130 Å². The van der Waals surface area contributed by atoms with E-state index in [9.17, 15) is 4.79 Å². The van der Waals surface area contributed by atoms with E-state index in [-0.39, 0.29) is 17.9 Å². The van der Waals surface area contributed by atoms with Crippen LogP contribution in [0.2, 0.25) is 0 Å². The summed E-state index contributed by atoms with van der Waals surface area (Å²) in [5.41, 5.74) is 2.15. The number of rotatable bonds is 6. The fourth-order valence-electron chi connectivity index (χ4n) is 1.99. The first-order valence-electron chi connectivity index (χ1n) is 7.29. The fraction of sp³-hybridized carbons (Fsp3) is 0.353. The van der Waals surface area contributed by atoms with Gasteiger partial charge in [0.15, 0.2) is 0 Å². The highest BCUT2D eigenvalue weighted by atomic mass is 16.3. The number of hydrogen-bond acceptors (Lipinski definition) is 4. The number of nitrogens with one attached hydrogen (secondary N) is 1. The van der Waals surface area contributed by atoms with E-state index in [0.717, 1.165) is 11.0 Å². The molecule has 1 amide bonds. The topological polar surface area (TPSA) is 75.1 Å². The van der Waals surface area contributed by atoms with Crippen LogP contribution in [0.15, 0.2) is 36.5 Å². The lowest BCUT2D eigenvalue weighted by Crippen LogP contribution is -2.33. The third-order valence-corrected chi connectivity index (χ3v) is 3.40. The molecule has 0 aliphatic heterocycles.